The van der Waals surface area contributed by atoms with Gasteiger partial charge in [0.15, 0.2) is 0 Å². The highest BCUT2D eigenvalue weighted by Crippen LogP contribution is 2.47. The molecule has 2 aliphatic carbocycles. The average molecular weight is 522 g/mol. The number of aromatic nitrogens is 1. The van der Waals surface area contributed by atoms with Crippen LogP contribution >= 0.6 is 11.6 Å². The first-order valence-corrected chi connectivity index (χ1v) is 13.6. The van der Waals surface area contributed by atoms with Crippen LogP contribution in [-0.4, -0.2) is 51.2 Å². The third-order valence-electron chi connectivity index (χ3n) is 5.84. The maximum atomic E-state index is 12.7. The lowest BCUT2D eigenvalue weighted by molar-refractivity contribution is 0.0365. The molecule has 35 heavy (non-hydrogen) atoms. The summed E-state index contributed by atoms with van der Waals surface area (Å²) in [4.78, 5) is 34.5. The number of hydrogen-bond acceptors (Lipinski definition) is 7. The van der Waals surface area contributed by atoms with Crippen LogP contribution in [0.5, 0.6) is 0 Å². The van der Waals surface area contributed by atoms with E-state index in [0.717, 1.165) is 41.8 Å². The monoisotopic (exact) mass is 521 g/mol. The van der Waals surface area contributed by atoms with E-state index in [2.05, 4.69) is 21.1 Å². The second-order valence-corrected chi connectivity index (χ2v) is 11.2. The van der Waals surface area contributed by atoms with Gasteiger partial charge in [0.2, 0.25) is 10.0 Å². The van der Waals surface area contributed by atoms with Gasteiger partial charge >= 0.3 is 0 Å². The van der Waals surface area contributed by atoms with Gasteiger partial charge in [0.1, 0.15) is 5.69 Å². The molecule has 2 fully saturated rings. The third kappa shape index (κ3) is 6.03. The molecule has 0 atom stereocenters. The fraction of sp³-hybridized carbons (Fsp3) is 0.435. The van der Waals surface area contributed by atoms with E-state index in [1.807, 2.05) is 0 Å². The lowest BCUT2D eigenvalue weighted by atomic mass is 10.1. The highest BCUT2D eigenvalue weighted by molar-refractivity contribution is 7.92. The van der Waals surface area contributed by atoms with Gasteiger partial charge in [0.05, 0.1) is 35.5 Å². The van der Waals surface area contributed by atoms with Gasteiger partial charge in [0, 0.05) is 24.3 Å². The Balaban J connectivity index is 1.77. The Kier molecular flexibility index (Phi) is 7.20. The van der Waals surface area contributed by atoms with Crippen LogP contribution in [0.2, 0.25) is 5.02 Å². The van der Waals surface area contributed by atoms with Crippen molar-refractivity contribution in [1.82, 2.24) is 15.8 Å². The first kappa shape index (κ1) is 25.2. The van der Waals surface area contributed by atoms with Crippen molar-refractivity contribution in [2.45, 2.75) is 44.6 Å². The molecule has 3 N–H and O–H groups in total. The summed E-state index contributed by atoms with van der Waals surface area (Å²) in [6.07, 6.45) is 6.19. The Bertz CT molecular complexity index is 1260. The normalized spacial score (nSPS) is 15.4. The topological polar surface area (TPSA) is 130 Å². The Morgan fingerprint density at radius 2 is 1.86 bits per heavy atom. The molecule has 0 unspecified atom stereocenters. The van der Waals surface area contributed by atoms with Gasteiger partial charge in [-0.05, 0) is 62.3 Å². The van der Waals surface area contributed by atoms with E-state index in [9.17, 15) is 18.0 Å². The molecule has 4 rings (SSSR count). The van der Waals surface area contributed by atoms with Crippen LogP contribution in [0.3, 0.4) is 0 Å². The van der Waals surface area contributed by atoms with Crippen molar-refractivity contribution in [2.75, 3.05) is 29.5 Å². The molecule has 188 valence electrons. The molecule has 10 nitrogen and oxygen atoms in total. The molecule has 1 aromatic carbocycles. The molecule has 0 aliphatic heterocycles. The summed E-state index contributed by atoms with van der Waals surface area (Å²) in [5.41, 5.74) is 4.39. The van der Waals surface area contributed by atoms with Gasteiger partial charge in [0.25, 0.3) is 11.8 Å². The predicted molar refractivity (Wildman–Crippen MR) is 134 cm³/mol. The molecule has 0 bridgehead atoms. The highest BCUT2D eigenvalue weighted by atomic mass is 35.5. The van der Waals surface area contributed by atoms with E-state index >= 15 is 0 Å². The van der Waals surface area contributed by atoms with E-state index in [1.165, 1.54) is 19.3 Å². The summed E-state index contributed by atoms with van der Waals surface area (Å²) in [6, 6.07) is 4.97. The van der Waals surface area contributed by atoms with Gasteiger partial charge in [-0.15, -0.1) is 0 Å². The van der Waals surface area contributed by atoms with Crippen molar-refractivity contribution in [3.05, 3.63) is 46.2 Å². The summed E-state index contributed by atoms with van der Waals surface area (Å²) >= 11 is 6.55. The number of sulfonamides is 1. The lowest BCUT2D eigenvalue weighted by Crippen LogP contribution is -2.28. The van der Waals surface area contributed by atoms with Gasteiger partial charge in [-0.3, -0.25) is 23.7 Å². The number of nitrogens with one attached hydrogen (secondary N) is 3. The molecule has 2 aliphatic rings. The third-order valence-corrected chi connectivity index (χ3v) is 7.36. The molecule has 1 aromatic heterocycles. The van der Waals surface area contributed by atoms with Crippen molar-refractivity contribution >= 4 is 50.5 Å². The first-order chi connectivity index (χ1) is 16.6. The molecule has 0 saturated heterocycles. The van der Waals surface area contributed by atoms with Crippen LogP contribution in [0.4, 0.5) is 17.1 Å². The van der Waals surface area contributed by atoms with Gasteiger partial charge in [-0.2, -0.15) is 0 Å². The fourth-order valence-corrected chi connectivity index (χ4v) is 4.34. The largest absolute Gasteiger partial charge is 0.353 e. The van der Waals surface area contributed by atoms with Crippen LogP contribution < -0.4 is 20.4 Å². The number of rotatable bonds is 10. The first-order valence-electron chi connectivity index (χ1n) is 11.4. The number of benzene rings is 1. The number of anilines is 3. The lowest BCUT2D eigenvalue weighted by Gasteiger charge is -2.23. The maximum Gasteiger partial charge on any atom is 0.278 e. The van der Waals surface area contributed by atoms with E-state index in [1.54, 1.807) is 19.1 Å². The molecule has 0 radical (unpaired) electrons. The smallest absolute Gasteiger partial charge is 0.278 e. The fourth-order valence-electron chi connectivity index (χ4n) is 3.51. The van der Waals surface area contributed by atoms with E-state index < -0.39 is 15.9 Å². The number of carbonyl (C=O) groups is 2. The zero-order chi connectivity index (χ0) is 25.3. The Hall–Kier alpha value is -2.89. The zero-order valence-corrected chi connectivity index (χ0v) is 21.3. The minimum absolute atomic E-state index is 0.108. The Labute approximate surface area is 209 Å². The van der Waals surface area contributed by atoms with Crippen LogP contribution in [0, 0.1) is 0 Å². The molecule has 12 heteroatoms. The average Bonchev–Trinajstić information content (AvgIpc) is 3.72. The molecule has 2 aromatic rings. The summed E-state index contributed by atoms with van der Waals surface area (Å²) in [5, 5.41) is 6.47. The number of halogens is 1. The van der Waals surface area contributed by atoms with Crippen molar-refractivity contribution in [1.29, 1.82) is 0 Å². The number of hydrogen-bond donors (Lipinski definition) is 3. The van der Waals surface area contributed by atoms with E-state index in [4.69, 9.17) is 16.4 Å². The van der Waals surface area contributed by atoms with Gasteiger partial charge < -0.3 is 10.6 Å². The van der Waals surface area contributed by atoms with E-state index in [0.29, 0.717) is 16.4 Å². The van der Waals surface area contributed by atoms with Crippen LogP contribution in [0.1, 0.15) is 64.9 Å². The summed E-state index contributed by atoms with van der Waals surface area (Å²) < 4.78 is 25.9. The second kappa shape index (κ2) is 10.00. The SMILES string of the molecule is CCONC(=O)c1cnc(C(=O)NC2CC2)cc1Nc1cc(Cl)c(C2CC2)cc1N(C)S(C)(=O)=O. The Morgan fingerprint density at radius 3 is 2.46 bits per heavy atom. The van der Waals surface area contributed by atoms with E-state index in [-0.39, 0.29) is 41.4 Å². The highest BCUT2D eigenvalue weighted by Gasteiger charge is 2.29. The van der Waals surface area contributed by atoms with Gasteiger partial charge in [-0.1, -0.05) is 11.6 Å². The maximum absolute atomic E-state index is 12.7. The van der Waals surface area contributed by atoms with Crippen molar-refractivity contribution in [2.24, 2.45) is 0 Å². The number of amides is 2. The standard InChI is InChI=1S/C23H28ClN5O5S/c1-4-34-28-22(30)16-12-25-20(23(31)26-14-7-8-14)11-18(16)27-19-10-17(24)15(13-5-6-13)9-21(19)29(2)35(3,32)33/h9-14H,4-8H2,1-3H3,(H,25,27)(H,26,31)(H,28,30). The zero-order valence-electron chi connectivity index (χ0n) is 19.7. The minimum Gasteiger partial charge on any atom is -0.353 e. The van der Waals surface area contributed by atoms with Crippen molar-refractivity contribution in [3.63, 3.8) is 0 Å². The molecule has 1 heterocycles. The second-order valence-electron chi connectivity index (χ2n) is 8.75. The summed E-state index contributed by atoms with van der Waals surface area (Å²) in [7, 11) is -2.15. The minimum atomic E-state index is -3.60. The van der Waals surface area contributed by atoms with Crippen LogP contribution in [-0.2, 0) is 14.9 Å². The number of hydroxylamine groups is 1. The number of nitrogens with zero attached hydrogens (tertiary/aromatic N) is 2. The number of pyridine rings is 1. The predicted octanol–water partition coefficient (Wildman–Crippen LogP) is 3.33. The van der Waals surface area contributed by atoms with Crippen molar-refractivity contribution in [3.8, 4) is 0 Å². The summed E-state index contributed by atoms with van der Waals surface area (Å²) in [5.74, 6) is -0.646. The number of carbonyl (C=O) groups excluding carboxylic acids is 2. The molecule has 2 amide bonds. The molecular formula is C23H28ClN5O5S. The molecular weight excluding hydrogens is 494 g/mol. The van der Waals surface area contributed by atoms with Gasteiger partial charge in [-0.25, -0.2) is 13.9 Å². The quantitative estimate of drug-likeness (QED) is 0.409. The molecule has 2 saturated carbocycles. The summed E-state index contributed by atoms with van der Waals surface area (Å²) in [6.45, 7) is 1.98. The van der Waals surface area contributed by atoms with Crippen LogP contribution in [0.25, 0.3) is 0 Å². The molecule has 0 spiro atoms. The van der Waals surface area contributed by atoms with Crippen molar-refractivity contribution < 1.29 is 22.8 Å². The Morgan fingerprint density at radius 1 is 1.14 bits per heavy atom. The van der Waals surface area contributed by atoms with Crippen LogP contribution in [0.15, 0.2) is 24.4 Å².